The van der Waals surface area contributed by atoms with Crippen molar-refractivity contribution in [2.75, 3.05) is 27.9 Å². The molecule has 4 atom stereocenters. The smallest absolute Gasteiger partial charge is 0.340 e. The Morgan fingerprint density at radius 2 is 1.32 bits per heavy atom. The average Bonchev–Trinajstić information content (AvgIpc) is 3.60. The van der Waals surface area contributed by atoms with E-state index in [2.05, 4.69) is 0 Å². The van der Waals surface area contributed by atoms with Gasteiger partial charge in [-0.05, 0) is 90.6 Å². The number of carbonyl (C=O) groups excluding carboxylic acids is 3. The van der Waals surface area contributed by atoms with Gasteiger partial charge in [-0.2, -0.15) is 4.57 Å². The number of benzene rings is 4. The maximum atomic E-state index is 14.7. The molecule has 0 N–H and O–H groups in total. The summed E-state index contributed by atoms with van der Waals surface area (Å²) >= 11 is 0. The Kier molecular flexibility index (Phi) is 14.8. The van der Waals surface area contributed by atoms with E-state index >= 15 is 0 Å². The Labute approximate surface area is 380 Å². The summed E-state index contributed by atoms with van der Waals surface area (Å²) in [5.41, 5.74) is -0.202. The third-order valence-electron chi connectivity index (χ3n) is 12.3. The number of ether oxygens (including phenoxy) is 6. The first-order chi connectivity index (χ1) is 30.8. The van der Waals surface area contributed by atoms with Gasteiger partial charge in [0.25, 0.3) is 11.5 Å². The number of hydrogen-bond donors (Lipinski definition) is 0. The van der Waals surface area contributed by atoms with Crippen molar-refractivity contribution >= 4 is 26.0 Å². The van der Waals surface area contributed by atoms with E-state index in [1.807, 2.05) is 113 Å². The van der Waals surface area contributed by atoms with Gasteiger partial charge < -0.3 is 37.6 Å². The van der Waals surface area contributed by atoms with Crippen molar-refractivity contribution in [2.24, 2.45) is 0 Å². The van der Waals surface area contributed by atoms with E-state index < -0.39 is 61.6 Å². The molecule has 0 radical (unpaired) electrons. The van der Waals surface area contributed by atoms with Crippen LogP contribution in [0.25, 0.3) is 0 Å². The molecule has 65 heavy (non-hydrogen) atoms. The predicted molar refractivity (Wildman–Crippen MR) is 246 cm³/mol. The van der Waals surface area contributed by atoms with Crippen LogP contribution >= 0.6 is 0 Å². The van der Waals surface area contributed by atoms with Crippen LogP contribution in [0.5, 0.6) is 17.2 Å². The molecule has 14 nitrogen and oxygen atoms in total. The van der Waals surface area contributed by atoms with E-state index in [0.29, 0.717) is 21.8 Å². The van der Waals surface area contributed by atoms with Crippen molar-refractivity contribution in [3.05, 3.63) is 158 Å². The molecule has 1 aliphatic rings. The van der Waals surface area contributed by atoms with Crippen molar-refractivity contribution in [2.45, 2.75) is 95.7 Å². The normalized spacial score (nSPS) is 17.6. The number of Topliss-reactive ketones (excluding diaryl/α,β-unsaturated/α-hetero) is 1. The number of aryl methyl sites for hydroxylation is 1. The Balaban J connectivity index is 1.53. The average molecular weight is 907 g/mol. The maximum Gasteiger partial charge on any atom is 0.340 e. The molecule has 15 heteroatoms. The lowest BCUT2D eigenvalue weighted by Crippen LogP contribution is -2.52. The van der Waals surface area contributed by atoms with E-state index in [4.69, 9.17) is 32.8 Å². The Bertz CT molecular complexity index is 2550. The van der Waals surface area contributed by atoms with Crippen LogP contribution in [0.1, 0.15) is 79.4 Å². The topological polar surface area (TPSA) is 160 Å². The third-order valence-corrected chi connectivity index (χ3v) is 16.7. The van der Waals surface area contributed by atoms with Gasteiger partial charge in [0.15, 0.2) is 20.6 Å². The Hall–Kier alpha value is -6.13. The van der Waals surface area contributed by atoms with Crippen molar-refractivity contribution in [3.63, 3.8) is 0 Å². The van der Waals surface area contributed by atoms with Crippen molar-refractivity contribution < 1.29 is 47.2 Å². The Morgan fingerprint density at radius 1 is 0.738 bits per heavy atom. The van der Waals surface area contributed by atoms with Crippen molar-refractivity contribution in [1.82, 2.24) is 9.13 Å². The Morgan fingerprint density at radius 3 is 1.86 bits per heavy atom. The van der Waals surface area contributed by atoms with Crippen LogP contribution in [-0.4, -0.2) is 81.4 Å². The second-order valence-electron chi connectivity index (χ2n) is 17.5. The number of ketones is 1. The molecule has 0 spiro atoms. The molecule has 1 aliphatic heterocycles. The molecule has 1 fully saturated rings. The summed E-state index contributed by atoms with van der Waals surface area (Å²) < 4.78 is 45.6. The molecule has 5 aromatic rings. The SMILES string of the molecule is COc1ccc(C(OC[C@H]2O[C@@H](n3ccc(=O)n(C(=O)c4ccc(C)c(OC)c4)c3=O)[C@@H](O[Si](C)(C)C(C)(C)C)C2OC(=O)CCC(C)=O)(c2ccccc2)c2ccc(OC)cc2)cc1. The first kappa shape index (κ1) is 48.3. The minimum Gasteiger partial charge on any atom is -0.497 e. The first-order valence-corrected chi connectivity index (χ1v) is 24.3. The van der Waals surface area contributed by atoms with E-state index in [0.717, 1.165) is 32.9 Å². The molecule has 0 aliphatic carbocycles. The van der Waals surface area contributed by atoms with Gasteiger partial charge in [0.1, 0.15) is 40.8 Å². The van der Waals surface area contributed by atoms with Crippen LogP contribution in [0.4, 0.5) is 0 Å². The van der Waals surface area contributed by atoms with Gasteiger partial charge in [-0.15, -0.1) is 0 Å². The highest BCUT2D eigenvalue weighted by atomic mass is 28.4. The molecule has 6 rings (SSSR count). The highest BCUT2D eigenvalue weighted by Crippen LogP contribution is 2.45. The van der Waals surface area contributed by atoms with E-state index in [1.165, 1.54) is 32.4 Å². The second-order valence-corrected chi connectivity index (χ2v) is 22.3. The second kappa shape index (κ2) is 19.9. The zero-order chi connectivity index (χ0) is 47.3. The number of nitrogens with zero attached hydrogens (tertiary/aromatic N) is 2. The lowest BCUT2D eigenvalue weighted by Gasteiger charge is -2.40. The number of methoxy groups -OCH3 is 3. The minimum absolute atomic E-state index is 0.0451. The fraction of sp³-hybridized carbons (Fsp3) is 0.380. The van der Waals surface area contributed by atoms with Crippen molar-refractivity contribution in [3.8, 4) is 17.2 Å². The molecule has 1 saturated heterocycles. The zero-order valence-electron chi connectivity index (χ0n) is 38.6. The highest BCUT2D eigenvalue weighted by molar-refractivity contribution is 6.74. The summed E-state index contributed by atoms with van der Waals surface area (Å²) in [5.74, 6) is -0.123. The van der Waals surface area contributed by atoms with Crippen LogP contribution in [0.2, 0.25) is 18.1 Å². The monoisotopic (exact) mass is 906 g/mol. The van der Waals surface area contributed by atoms with Gasteiger partial charge in [-0.3, -0.25) is 19.0 Å². The summed E-state index contributed by atoms with van der Waals surface area (Å²) in [7, 11) is 1.80. The molecule has 2 heterocycles. The van der Waals surface area contributed by atoms with E-state index in [9.17, 15) is 24.0 Å². The molecule has 344 valence electrons. The number of aromatic nitrogens is 2. The number of rotatable bonds is 17. The summed E-state index contributed by atoms with van der Waals surface area (Å²) in [5, 5.41) is -0.384. The lowest BCUT2D eigenvalue weighted by molar-refractivity contribution is -0.159. The molecule has 0 amide bonds. The molecule has 1 aromatic heterocycles. The molecule has 1 unspecified atom stereocenters. The summed E-state index contributed by atoms with van der Waals surface area (Å²) in [6.07, 6.45) is -3.90. The maximum absolute atomic E-state index is 14.7. The van der Waals surface area contributed by atoms with Crippen LogP contribution in [0.3, 0.4) is 0 Å². The number of hydrogen-bond acceptors (Lipinski definition) is 12. The summed E-state index contributed by atoms with van der Waals surface area (Å²) in [6.45, 7) is 13.1. The molecular weight excluding hydrogens is 849 g/mol. The van der Waals surface area contributed by atoms with Gasteiger partial charge >= 0.3 is 11.7 Å². The molecule has 0 bridgehead atoms. The minimum atomic E-state index is -2.83. The quantitative estimate of drug-likeness (QED) is 0.0512. The number of esters is 1. The standard InChI is InChI=1S/C50H58N2O12Si/c1-32-16-18-34(30-40(32)60-8)46(56)52-42(54)28-29-51(48(52)57)47-45(64-65(9,10)49(3,4)5)44(63-43(55)27-17-33(2)53)41(62-47)31-61-50(35-14-12-11-13-15-35,36-19-23-38(58-6)24-20-36)37-21-25-39(59-7)26-22-37/h11-16,18-26,28-30,41,44-45,47H,17,27,31H2,1-10H3/t41-,44?,45+,47-/m1/s1. The van der Waals surface area contributed by atoms with E-state index in [-0.39, 0.29) is 35.8 Å². The van der Waals surface area contributed by atoms with Gasteiger partial charge in [0.05, 0.1) is 34.4 Å². The van der Waals surface area contributed by atoms with Crippen LogP contribution < -0.4 is 25.5 Å². The number of carbonyl (C=O) groups is 3. The van der Waals surface area contributed by atoms with Crippen molar-refractivity contribution in [1.29, 1.82) is 0 Å². The van der Waals surface area contributed by atoms with Gasteiger partial charge in [0, 0.05) is 24.2 Å². The zero-order valence-corrected chi connectivity index (χ0v) is 39.6. The lowest BCUT2D eigenvalue weighted by atomic mass is 9.80. The summed E-state index contributed by atoms with van der Waals surface area (Å²) in [6, 6.07) is 30.3. The predicted octanol–water partition coefficient (Wildman–Crippen LogP) is 7.61. The molecular formula is C50H58N2O12Si. The third kappa shape index (κ3) is 10.2. The summed E-state index contributed by atoms with van der Waals surface area (Å²) in [4.78, 5) is 68.1. The fourth-order valence-corrected chi connectivity index (χ4v) is 8.86. The van der Waals surface area contributed by atoms with Crippen LogP contribution in [0.15, 0.2) is 119 Å². The first-order valence-electron chi connectivity index (χ1n) is 21.4. The largest absolute Gasteiger partial charge is 0.497 e. The fourth-order valence-electron chi connectivity index (χ4n) is 7.58. The molecule has 4 aromatic carbocycles. The van der Waals surface area contributed by atoms with Crippen LogP contribution in [0, 0.1) is 6.92 Å². The van der Waals surface area contributed by atoms with Gasteiger partial charge in [-0.1, -0.05) is 81.4 Å². The molecule has 0 saturated carbocycles. The van der Waals surface area contributed by atoms with E-state index in [1.54, 1.807) is 27.2 Å². The van der Waals surface area contributed by atoms with Crippen LogP contribution in [-0.2, 0) is 33.8 Å². The van der Waals surface area contributed by atoms with Gasteiger partial charge in [-0.25, -0.2) is 4.79 Å². The van der Waals surface area contributed by atoms with Gasteiger partial charge in [0.2, 0.25) is 0 Å². The highest BCUT2D eigenvalue weighted by Gasteiger charge is 2.54.